The van der Waals surface area contributed by atoms with E-state index in [2.05, 4.69) is 0 Å². The van der Waals surface area contributed by atoms with Crippen molar-refractivity contribution in [2.45, 2.75) is 6.61 Å². The lowest BCUT2D eigenvalue weighted by Crippen LogP contribution is -2.10. The van der Waals surface area contributed by atoms with Gasteiger partial charge >= 0.3 is 0 Å². The van der Waals surface area contributed by atoms with Gasteiger partial charge in [-0.1, -0.05) is 36.0 Å². The second kappa shape index (κ2) is 6.74. The first kappa shape index (κ1) is 15.5. The number of halogens is 2. The Morgan fingerprint density at radius 2 is 2.00 bits per heavy atom. The Hall–Kier alpha value is -1.85. The summed E-state index contributed by atoms with van der Waals surface area (Å²) in [6.07, 6.45) is 0. The highest BCUT2D eigenvalue weighted by Crippen LogP contribution is 2.25. The summed E-state index contributed by atoms with van der Waals surface area (Å²) in [4.78, 5) is 0.238. The van der Waals surface area contributed by atoms with Crippen LogP contribution in [0, 0.1) is 5.82 Å². The molecule has 0 bridgehead atoms. The number of thiocarbonyl (C=S) groups is 1. The van der Waals surface area contributed by atoms with E-state index in [0.717, 1.165) is 0 Å². The van der Waals surface area contributed by atoms with E-state index in [9.17, 15) is 4.39 Å². The maximum Gasteiger partial charge on any atom is 0.142 e. The van der Waals surface area contributed by atoms with Gasteiger partial charge in [-0.3, -0.25) is 0 Å². The molecule has 0 fully saturated rings. The molecule has 3 nitrogen and oxygen atoms in total. The minimum Gasteiger partial charge on any atom is -0.497 e. The first-order valence-electron chi connectivity index (χ1n) is 6.06. The molecule has 0 unspecified atom stereocenters. The first-order chi connectivity index (χ1) is 10.0. The average molecular weight is 326 g/mol. The Morgan fingerprint density at radius 3 is 2.67 bits per heavy atom. The largest absolute Gasteiger partial charge is 0.497 e. The molecule has 0 heterocycles. The van der Waals surface area contributed by atoms with Crippen molar-refractivity contribution in [2.24, 2.45) is 5.73 Å². The van der Waals surface area contributed by atoms with E-state index in [1.54, 1.807) is 30.3 Å². The van der Waals surface area contributed by atoms with E-state index < -0.39 is 5.82 Å². The average Bonchev–Trinajstić information content (AvgIpc) is 2.48. The predicted molar refractivity (Wildman–Crippen MR) is 84.6 cm³/mol. The zero-order valence-electron chi connectivity index (χ0n) is 11.2. The highest BCUT2D eigenvalue weighted by atomic mass is 35.5. The lowest BCUT2D eigenvalue weighted by atomic mass is 10.2. The number of hydrogen-bond donors (Lipinski definition) is 1. The number of nitrogens with two attached hydrogens (primary N) is 1. The maximum absolute atomic E-state index is 13.4. The zero-order chi connectivity index (χ0) is 15.4. The fourth-order valence-electron chi connectivity index (χ4n) is 1.74. The highest BCUT2D eigenvalue weighted by molar-refractivity contribution is 7.80. The highest BCUT2D eigenvalue weighted by Gasteiger charge is 2.08. The Labute approximate surface area is 132 Å². The lowest BCUT2D eigenvalue weighted by Gasteiger charge is -2.11. The molecule has 6 heteroatoms. The van der Waals surface area contributed by atoms with E-state index in [1.807, 2.05) is 0 Å². The van der Waals surface area contributed by atoms with Gasteiger partial charge in [0.2, 0.25) is 0 Å². The molecule has 0 aliphatic rings. The Kier molecular flexibility index (Phi) is 4.98. The molecule has 0 atom stereocenters. The number of hydrogen-bond acceptors (Lipinski definition) is 3. The van der Waals surface area contributed by atoms with Gasteiger partial charge in [0.1, 0.15) is 28.9 Å². The summed E-state index contributed by atoms with van der Waals surface area (Å²) < 4.78 is 24.1. The van der Waals surface area contributed by atoms with Gasteiger partial charge < -0.3 is 15.2 Å². The van der Waals surface area contributed by atoms with Crippen LogP contribution in [-0.4, -0.2) is 12.1 Å². The van der Waals surface area contributed by atoms with Crippen LogP contribution in [0.4, 0.5) is 4.39 Å². The van der Waals surface area contributed by atoms with Crippen molar-refractivity contribution < 1.29 is 13.9 Å². The molecule has 0 aromatic heterocycles. The second-order valence-electron chi connectivity index (χ2n) is 4.26. The van der Waals surface area contributed by atoms with Crippen molar-refractivity contribution in [3.05, 3.63) is 58.4 Å². The second-order valence-corrected chi connectivity index (χ2v) is 5.08. The molecule has 0 spiro atoms. The van der Waals surface area contributed by atoms with Gasteiger partial charge in [0.15, 0.2) is 0 Å². The smallest absolute Gasteiger partial charge is 0.142 e. The summed E-state index contributed by atoms with van der Waals surface area (Å²) in [7, 11) is 1.53. The molecule has 2 aromatic carbocycles. The first-order valence-corrected chi connectivity index (χ1v) is 6.84. The van der Waals surface area contributed by atoms with E-state index in [-0.39, 0.29) is 16.6 Å². The predicted octanol–water partition coefficient (Wildman–Crippen LogP) is 3.70. The molecule has 0 aliphatic heterocycles. The van der Waals surface area contributed by atoms with Gasteiger partial charge in [-0.25, -0.2) is 4.39 Å². The summed E-state index contributed by atoms with van der Waals surface area (Å²) >= 11 is 10.8. The van der Waals surface area contributed by atoms with Crippen LogP contribution in [0.5, 0.6) is 11.5 Å². The number of ether oxygens (including phenoxy) is 2. The van der Waals surface area contributed by atoms with Crippen molar-refractivity contribution in [2.75, 3.05) is 7.11 Å². The van der Waals surface area contributed by atoms with Crippen LogP contribution in [0.3, 0.4) is 0 Å². The van der Waals surface area contributed by atoms with Crippen molar-refractivity contribution >= 4 is 28.8 Å². The summed E-state index contributed by atoms with van der Waals surface area (Å²) in [6.45, 7) is 0.126. The summed E-state index contributed by atoms with van der Waals surface area (Å²) in [5.74, 6) is 0.602. The minimum atomic E-state index is -0.479. The molecular formula is C15H13ClFNO2S. The molecule has 0 saturated heterocycles. The summed E-state index contributed by atoms with van der Waals surface area (Å²) in [6, 6.07) is 9.66. The van der Waals surface area contributed by atoms with Crippen molar-refractivity contribution in [3.8, 4) is 11.5 Å². The van der Waals surface area contributed by atoms with Crippen LogP contribution >= 0.6 is 23.8 Å². The molecule has 2 rings (SSSR count). The van der Waals surface area contributed by atoms with Crippen LogP contribution < -0.4 is 15.2 Å². The molecular weight excluding hydrogens is 313 g/mol. The summed E-state index contributed by atoms with van der Waals surface area (Å²) in [5.41, 5.74) is 6.79. The number of methoxy groups -OCH3 is 1. The summed E-state index contributed by atoms with van der Waals surface area (Å²) in [5, 5.41) is 0.0509. The molecule has 0 saturated carbocycles. The fraction of sp³-hybridized carbons (Fsp3) is 0.133. The lowest BCUT2D eigenvalue weighted by molar-refractivity contribution is 0.303. The topological polar surface area (TPSA) is 44.5 Å². The normalized spacial score (nSPS) is 10.2. The third-order valence-corrected chi connectivity index (χ3v) is 3.49. The van der Waals surface area contributed by atoms with Crippen LogP contribution in [0.2, 0.25) is 5.02 Å². The Bertz CT molecular complexity index is 679. The van der Waals surface area contributed by atoms with Gasteiger partial charge in [-0.05, 0) is 18.2 Å². The molecule has 2 aromatic rings. The molecule has 0 radical (unpaired) electrons. The van der Waals surface area contributed by atoms with E-state index in [1.165, 1.54) is 13.2 Å². The van der Waals surface area contributed by atoms with Crippen molar-refractivity contribution in [1.29, 1.82) is 0 Å². The monoisotopic (exact) mass is 325 g/mol. The quantitative estimate of drug-likeness (QED) is 0.851. The van der Waals surface area contributed by atoms with Crippen LogP contribution in [0.1, 0.15) is 11.1 Å². The standard InChI is InChI=1S/C15H13ClFNO2S/c1-19-11-5-10(15(18)21)6-12(7-11)20-8-9-3-2-4-13(17)14(9)16/h2-7H,8H2,1H3,(H2,18,21). The van der Waals surface area contributed by atoms with Gasteiger partial charge in [-0.2, -0.15) is 0 Å². The molecule has 110 valence electrons. The molecule has 0 amide bonds. The van der Waals surface area contributed by atoms with Gasteiger partial charge in [0, 0.05) is 17.2 Å². The van der Waals surface area contributed by atoms with Crippen LogP contribution in [-0.2, 0) is 6.61 Å². The van der Waals surface area contributed by atoms with Crippen molar-refractivity contribution in [3.63, 3.8) is 0 Å². The van der Waals surface area contributed by atoms with Crippen molar-refractivity contribution in [1.82, 2.24) is 0 Å². The van der Waals surface area contributed by atoms with Crippen LogP contribution in [0.15, 0.2) is 36.4 Å². The Balaban J connectivity index is 2.21. The van der Waals surface area contributed by atoms with Gasteiger partial charge in [0.25, 0.3) is 0 Å². The minimum absolute atomic E-state index is 0.0509. The number of rotatable bonds is 5. The third-order valence-electron chi connectivity index (χ3n) is 2.83. The van der Waals surface area contributed by atoms with Crippen LogP contribution in [0.25, 0.3) is 0 Å². The van der Waals surface area contributed by atoms with E-state index in [0.29, 0.717) is 22.6 Å². The van der Waals surface area contributed by atoms with E-state index >= 15 is 0 Å². The Morgan fingerprint density at radius 1 is 1.29 bits per heavy atom. The zero-order valence-corrected chi connectivity index (χ0v) is 12.8. The maximum atomic E-state index is 13.4. The SMILES string of the molecule is COc1cc(OCc2cccc(F)c2Cl)cc(C(N)=S)c1. The molecule has 2 N–H and O–H groups in total. The molecule has 0 aliphatic carbocycles. The fourth-order valence-corrected chi connectivity index (χ4v) is 2.03. The van der Waals surface area contributed by atoms with E-state index in [4.69, 9.17) is 39.0 Å². The van der Waals surface area contributed by atoms with Gasteiger partial charge in [-0.15, -0.1) is 0 Å². The molecule has 21 heavy (non-hydrogen) atoms. The third kappa shape index (κ3) is 3.83. The van der Waals surface area contributed by atoms with Gasteiger partial charge in [0.05, 0.1) is 12.1 Å². The number of benzene rings is 2.